The molecule has 0 saturated carbocycles. The topological polar surface area (TPSA) is 53.1 Å². The van der Waals surface area contributed by atoms with E-state index < -0.39 is 0 Å². The van der Waals surface area contributed by atoms with Gasteiger partial charge in [-0.05, 0) is 36.2 Å². The van der Waals surface area contributed by atoms with Crippen molar-refractivity contribution >= 4 is 0 Å². The number of nitrogens with zero attached hydrogens (tertiary/aromatic N) is 2. The Bertz CT molecular complexity index is 505. The van der Waals surface area contributed by atoms with Crippen LogP contribution < -0.4 is 10.5 Å². The van der Waals surface area contributed by atoms with Crippen LogP contribution in [0.15, 0.2) is 30.5 Å². The molecule has 2 aromatic rings. The first-order valence-corrected chi connectivity index (χ1v) is 5.70. The van der Waals surface area contributed by atoms with E-state index in [1.54, 1.807) is 7.11 Å². The van der Waals surface area contributed by atoms with Gasteiger partial charge in [0.2, 0.25) is 0 Å². The summed E-state index contributed by atoms with van der Waals surface area (Å²) in [4.78, 5) is 0. The first-order chi connectivity index (χ1) is 8.28. The van der Waals surface area contributed by atoms with E-state index in [0.717, 1.165) is 29.1 Å². The van der Waals surface area contributed by atoms with Crippen LogP contribution in [0.2, 0.25) is 0 Å². The van der Waals surface area contributed by atoms with E-state index >= 15 is 0 Å². The van der Waals surface area contributed by atoms with Crippen molar-refractivity contribution in [2.45, 2.75) is 19.9 Å². The van der Waals surface area contributed by atoms with E-state index in [-0.39, 0.29) is 0 Å². The molecule has 0 aliphatic rings. The standard InChI is InChI=1S/C13H17N3O/c1-3-11-6-7-16(15-11)13-5-4-12(17-2)8-10(13)9-14/h4-8H,3,9,14H2,1-2H3. The fraction of sp³-hybridized carbons (Fsp3) is 0.308. The van der Waals surface area contributed by atoms with Gasteiger partial charge in [0.15, 0.2) is 0 Å². The van der Waals surface area contributed by atoms with Crippen LogP contribution in [-0.4, -0.2) is 16.9 Å². The number of aryl methyl sites for hydroxylation is 1. The van der Waals surface area contributed by atoms with Crippen LogP contribution in [0.4, 0.5) is 0 Å². The van der Waals surface area contributed by atoms with Crippen molar-refractivity contribution in [3.8, 4) is 11.4 Å². The molecule has 0 fully saturated rings. The summed E-state index contributed by atoms with van der Waals surface area (Å²) in [5.74, 6) is 0.817. The molecule has 2 N–H and O–H groups in total. The average Bonchev–Trinajstić information content (AvgIpc) is 2.86. The van der Waals surface area contributed by atoms with Crippen molar-refractivity contribution in [3.63, 3.8) is 0 Å². The summed E-state index contributed by atoms with van der Waals surface area (Å²) in [6.07, 6.45) is 2.89. The Morgan fingerprint density at radius 2 is 2.18 bits per heavy atom. The smallest absolute Gasteiger partial charge is 0.119 e. The van der Waals surface area contributed by atoms with Crippen molar-refractivity contribution < 1.29 is 4.74 Å². The van der Waals surface area contributed by atoms with Gasteiger partial charge in [0, 0.05) is 12.7 Å². The second-order valence-electron chi connectivity index (χ2n) is 3.80. The van der Waals surface area contributed by atoms with Crippen LogP contribution in [0.25, 0.3) is 5.69 Å². The summed E-state index contributed by atoms with van der Waals surface area (Å²) in [6.45, 7) is 2.55. The number of hydrogen-bond acceptors (Lipinski definition) is 3. The highest BCUT2D eigenvalue weighted by Gasteiger charge is 2.06. The maximum atomic E-state index is 5.75. The molecule has 0 bridgehead atoms. The van der Waals surface area contributed by atoms with Gasteiger partial charge in [0.25, 0.3) is 0 Å². The van der Waals surface area contributed by atoms with Crippen LogP contribution in [0.5, 0.6) is 5.75 Å². The molecular formula is C13H17N3O. The molecule has 90 valence electrons. The van der Waals surface area contributed by atoms with Gasteiger partial charge < -0.3 is 10.5 Å². The lowest BCUT2D eigenvalue weighted by Crippen LogP contribution is -2.05. The van der Waals surface area contributed by atoms with E-state index in [4.69, 9.17) is 10.5 Å². The largest absolute Gasteiger partial charge is 0.497 e. The maximum absolute atomic E-state index is 5.75. The molecule has 0 atom stereocenters. The van der Waals surface area contributed by atoms with Gasteiger partial charge in [-0.3, -0.25) is 0 Å². The predicted octanol–water partition coefficient (Wildman–Crippen LogP) is 1.90. The zero-order valence-corrected chi connectivity index (χ0v) is 10.2. The normalized spacial score (nSPS) is 10.5. The van der Waals surface area contributed by atoms with Gasteiger partial charge in [-0.25, -0.2) is 4.68 Å². The van der Waals surface area contributed by atoms with Crippen molar-refractivity contribution in [1.29, 1.82) is 0 Å². The summed E-state index contributed by atoms with van der Waals surface area (Å²) in [5, 5.41) is 4.48. The van der Waals surface area contributed by atoms with Gasteiger partial charge in [0.1, 0.15) is 5.75 Å². The highest BCUT2D eigenvalue weighted by atomic mass is 16.5. The maximum Gasteiger partial charge on any atom is 0.119 e. The average molecular weight is 231 g/mol. The van der Waals surface area contributed by atoms with Crippen LogP contribution in [-0.2, 0) is 13.0 Å². The number of rotatable bonds is 4. The fourth-order valence-corrected chi connectivity index (χ4v) is 1.76. The third-order valence-electron chi connectivity index (χ3n) is 2.76. The molecule has 1 aromatic carbocycles. The van der Waals surface area contributed by atoms with E-state index in [0.29, 0.717) is 6.54 Å². The summed E-state index contributed by atoms with van der Waals surface area (Å²) in [7, 11) is 1.65. The molecule has 17 heavy (non-hydrogen) atoms. The zero-order valence-electron chi connectivity index (χ0n) is 10.2. The van der Waals surface area contributed by atoms with Crippen LogP contribution in [0, 0.1) is 0 Å². The Labute approximate surface area is 101 Å². The minimum absolute atomic E-state index is 0.466. The minimum atomic E-state index is 0.466. The summed E-state index contributed by atoms with van der Waals surface area (Å²) in [6, 6.07) is 7.86. The first kappa shape index (κ1) is 11.7. The Morgan fingerprint density at radius 3 is 2.76 bits per heavy atom. The van der Waals surface area contributed by atoms with Gasteiger partial charge in [-0.2, -0.15) is 5.10 Å². The molecule has 0 aliphatic carbocycles. The van der Waals surface area contributed by atoms with E-state index in [1.165, 1.54) is 0 Å². The van der Waals surface area contributed by atoms with Crippen molar-refractivity contribution in [2.24, 2.45) is 5.73 Å². The molecule has 4 nitrogen and oxygen atoms in total. The van der Waals surface area contributed by atoms with E-state index in [1.807, 2.05) is 35.1 Å². The number of ether oxygens (including phenoxy) is 1. The van der Waals surface area contributed by atoms with Gasteiger partial charge in [-0.15, -0.1) is 0 Å². The lowest BCUT2D eigenvalue weighted by atomic mass is 10.1. The second-order valence-corrected chi connectivity index (χ2v) is 3.80. The van der Waals surface area contributed by atoms with Crippen LogP contribution >= 0.6 is 0 Å². The quantitative estimate of drug-likeness (QED) is 0.874. The lowest BCUT2D eigenvalue weighted by Gasteiger charge is -2.09. The molecule has 0 amide bonds. The molecule has 0 aliphatic heterocycles. The number of hydrogen-bond donors (Lipinski definition) is 1. The van der Waals surface area contributed by atoms with Crippen LogP contribution in [0.1, 0.15) is 18.2 Å². The highest BCUT2D eigenvalue weighted by Crippen LogP contribution is 2.20. The third-order valence-corrected chi connectivity index (χ3v) is 2.76. The van der Waals surface area contributed by atoms with Gasteiger partial charge >= 0.3 is 0 Å². The first-order valence-electron chi connectivity index (χ1n) is 5.70. The molecule has 0 saturated heterocycles. The number of nitrogens with two attached hydrogens (primary N) is 1. The number of aromatic nitrogens is 2. The fourth-order valence-electron chi connectivity index (χ4n) is 1.76. The molecule has 0 radical (unpaired) electrons. The Balaban J connectivity index is 2.43. The van der Waals surface area contributed by atoms with Crippen molar-refractivity contribution in [2.75, 3.05) is 7.11 Å². The molecule has 1 aromatic heterocycles. The minimum Gasteiger partial charge on any atom is -0.497 e. The van der Waals surface area contributed by atoms with Gasteiger partial charge in [-0.1, -0.05) is 6.92 Å². The summed E-state index contributed by atoms with van der Waals surface area (Å²) in [5.41, 5.74) is 8.86. The molecule has 4 heteroatoms. The van der Waals surface area contributed by atoms with Crippen LogP contribution in [0.3, 0.4) is 0 Å². The Hall–Kier alpha value is -1.81. The Morgan fingerprint density at radius 1 is 1.35 bits per heavy atom. The lowest BCUT2D eigenvalue weighted by molar-refractivity contribution is 0.414. The molecule has 2 rings (SSSR count). The molecule has 1 heterocycles. The Kier molecular flexibility index (Phi) is 3.44. The second kappa shape index (κ2) is 5.01. The summed E-state index contributed by atoms with van der Waals surface area (Å²) >= 11 is 0. The summed E-state index contributed by atoms with van der Waals surface area (Å²) < 4.78 is 7.05. The van der Waals surface area contributed by atoms with Crippen molar-refractivity contribution in [3.05, 3.63) is 41.7 Å². The van der Waals surface area contributed by atoms with E-state index in [9.17, 15) is 0 Å². The monoisotopic (exact) mass is 231 g/mol. The molecular weight excluding hydrogens is 214 g/mol. The molecule has 0 unspecified atom stereocenters. The number of benzene rings is 1. The van der Waals surface area contributed by atoms with Crippen molar-refractivity contribution in [1.82, 2.24) is 9.78 Å². The SMILES string of the molecule is CCc1ccn(-c2ccc(OC)cc2CN)n1. The molecule has 0 spiro atoms. The number of methoxy groups -OCH3 is 1. The third kappa shape index (κ3) is 2.31. The predicted molar refractivity (Wildman–Crippen MR) is 67.4 cm³/mol. The highest BCUT2D eigenvalue weighted by molar-refractivity contribution is 5.45. The van der Waals surface area contributed by atoms with Gasteiger partial charge in [0.05, 0.1) is 18.5 Å². The zero-order chi connectivity index (χ0) is 12.3. The van der Waals surface area contributed by atoms with E-state index in [2.05, 4.69) is 12.0 Å².